The molecular formula is C13H18BrN5. The maximum atomic E-state index is 5.97. The van der Waals surface area contributed by atoms with Crippen LogP contribution >= 0.6 is 15.9 Å². The summed E-state index contributed by atoms with van der Waals surface area (Å²) in [5, 5.41) is 0. The maximum absolute atomic E-state index is 5.97. The number of hydrogen-bond acceptors (Lipinski definition) is 4. The minimum atomic E-state index is 0.476. The molecule has 0 aliphatic heterocycles. The van der Waals surface area contributed by atoms with E-state index >= 15 is 0 Å². The van der Waals surface area contributed by atoms with E-state index in [1.54, 1.807) is 12.5 Å². The molecule has 0 aromatic carbocycles. The number of halogens is 1. The summed E-state index contributed by atoms with van der Waals surface area (Å²) >= 11 is 3.47. The molecule has 19 heavy (non-hydrogen) atoms. The summed E-state index contributed by atoms with van der Waals surface area (Å²) in [6, 6.07) is 0. The van der Waals surface area contributed by atoms with E-state index in [-0.39, 0.29) is 0 Å². The fourth-order valence-corrected chi connectivity index (χ4v) is 2.25. The van der Waals surface area contributed by atoms with Crippen LogP contribution in [0.1, 0.15) is 26.5 Å². The highest BCUT2D eigenvalue weighted by Crippen LogP contribution is 2.26. The summed E-state index contributed by atoms with van der Waals surface area (Å²) in [5.74, 6) is 1.62. The molecule has 0 aliphatic rings. The molecule has 0 aliphatic carbocycles. The SMILES string of the molecule is CCn1cncc1-c1nc(N)c(Br)c(CC(C)C)n1. The van der Waals surface area contributed by atoms with Gasteiger partial charge in [-0.15, -0.1) is 0 Å². The van der Waals surface area contributed by atoms with Gasteiger partial charge < -0.3 is 10.3 Å². The van der Waals surface area contributed by atoms with Crippen molar-refractivity contribution in [2.45, 2.75) is 33.7 Å². The van der Waals surface area contributed by atoms with Gasteiger partial charge in [0.15, 0.2) is 5.82 Å². The topological polar surface area (TPSA) is 69.6 Å². The molecule has 102 valence electrons. The Kier molecular flexibility index (Phi) is 4.19. The summed E-state index contributed by atoms with van der Waals surface area (Å²) in [6.45, 7) is 7.19. The number of hydrogen-bond donors (Lipinski definition) is 1. The van der Waals surface area contributed by atoms with Crippen LogP contribution in [-0.4, -0.2) is 19.5 Å². The van der Waals surface area contributed by atoms with Gasteiger partial charge in [-0.2, -0.15) is 0 Å². The fraction of sp³-hybridized carbons (Fsp3) is 0.462. The predicted octanol–water partition coefficient (Wildman–Crippen LogP) is 2.90. The molecule has 2 aromatic rings. The summed E-state index contributed by atoms with van der Waals surface area (Å²) < 4.78 is 2.80. The standard InChI is InChI=1S/C13H18BrN5/c1-4-19-7-16-6-10(19)13-17-9(5-8(2)3)11(14)12(15)18-13/h6-8H,4-5H2,1-3H3,(H2,15,17,18). The molecule has 2 rings (SSSR count). The highest BCUT2D eigenvalue weighted by atomic mass is 79.9. The summed E-state index contributed by atoms with van der Waals surface area (Å²) in [4.78, 5) is 13.1. The molecule has 0 saturated heterocycles. The van der Waals surface area contributed by atoms with Crippen molar-refractivity contribution in [3.05, 3.63) is 22.7 Å². The molecule has 0 bridgehead atoms. The molecule has 0 saturated carbocycles. The number of imidazole rings is 1. The lowest BCUT2D eigenvalue weighted by Gasteiger charge is -2.11. The summed E-state index contributed by atoms with van der Waals surface area (Å²) in [6.07, 6.45) is 4.41. The lowest BCUT2D eigenvalue weighted by atomic mass is 10.1. The zero-order valence-electron chi connectivity index (χ0n) is 11.4. The van der Waals surface area contributed by atoms with Gasteiger partial charge in [0, 0.05) is 6.54 Å². The first-order chi connectivity index (χ1) is 9.02. The molecule has 0 amide bonds. The van der Waals surface area contributed by atoms with Gasteiger partial charge >= 0.3 is 0 Å². The van der Waals surface area contributed by atoms with Crippen molar-refractivity contribution < 1.29 is 0 Å². The molecule has 2 aromatic heterocycles. The van der Waals surface area contributed by atoms with Crippen molar-refractivity contribution in [1.82, 2.24) is 19.5 Å². The van der Waals surface area contributed by atoms with Gasteiger partial charge in [-0.1, -0.05) is 13.8 Å². The second-order valence-corrected chi connectivity index (χ2v) is 5.65. The Morgan fingerprint density at radius 1 is 1.37 bits per heavy atom. The molecule has 2 N–H and O–H groups in total. The Bertz CT molecular complexity index is 576. The van der Waals surface area contributed by atoms with Crippen LogP contribution in [0, 0.1) is 5.92 Å². The minimum Gasteiger partial charge on any atom is -0.383 e. The van der Waals surface area contributed by atoms with Crippen LogP contribution < -0.4 is 5.73 Å². The first-order valence-corrected chi connectivity index (χ1v) is 7.14. The Morgan fingerprint density at radius 3 is 2.74 bits per heavy atom. The van der Waals surface area contributed by atoms with Gasteiger partial charge in [0.25, 0.3) is 0 Å². The van der Waals surface area contributed by atoms with Crippen molar-refractivity contribution in [2.75, 3.05) is 5.73 Å². The molecule has 2 heterocycles. The Hall–Kier alpha value is -1.43. The van der Waals surface area contributed by atoms with Crippen LogP contribution in [-0.2, 0) is 13.0 Å². The number of aryl methyl sites for hydroxylation is 1. The first kappa shape index (κ1) is 14.0. The smallest absolute Gasteiger partial charge is 0.180 e. The average molecular weight is 324 g/mol. The predicted molar refractivity (Wildman–Crippen MR) is 79.6 cm³/mol. The van der Waals surface area contributed by atoms with Crippen LogP contribution in [0.25, 0.3) is 11.5 Å². The Balaban J connectivity index is 2.50. The van der Waals surface area contributed by atoms with Crippen molar-refractivity contribution >= 4 is 21.7 Å². The molecule has 0 spiro atoms. The van der Waals surface area contributed by atoms with Crippen LogP contribution in [0.15, 0.2) is 17.0 Å². The molecule has 0 unspecified atom stereocenters. The zero-order chi connectivity index (χ0) is 14.0. The van der Waals surface area contributed by atoms with E-state index in [9.17, 15) is 0 Å². The van der Waals surface area contributed by atoms with E-state index in [4.69, 9.17) is 5.73 Å². The summed E-state index contributed by atoms with van der Waals surface area (Å²) in [5.41, 5.74) is 7.81. The number of nitrogens with two attached hydrogens (primary N) is 1. The monoisotopic (exact) mass is 323 g/mol. The average Bonchev–Trinajstić information content (AvgIpc) is 2.82. The van der Waals surface area contributed by atoms with E-state index in [1.165, 1.54) is 0 Å². The van der Waals surface area contributed by atoms with Crippen molar-refractivity contribution in [3.63, 3.8) is 0 Å². The van der Waals surface area contributed by atoms with E-state index in [0.717, 1.165) is 28.8 Å². The quantitative estimate of drug-likeness (QED) is 0.939. The molecule has 5 nitrogen and oxygen atoms in total. The molecule has 0 atom stereocenters. The third-order valence-corrected chi connectivity index (χ3v) is 3.69. The van der Waals surface area contributed by atoms with Gasteiger partial charge in [0.1, 0.15) is 11.5 Å². The second-order valence-electron chi connectivity index (χ2n) is 4.86. The third kappa shape index (κ3) is 2.94. The van der Waals surface area contributed by atoms with Crippen LogP contribution in [0.5, 0.6) is 0 Å². The minimum absolute atomic E-state index is 0.476. The number of aromatic nitrogens is 4. The van der Waals surface area contributed by atoms with Crippen LogP contribution in [0.3, 0.4) is 0 Å². The third-order valence-electron chi connectivity index (χ3n) is 2.83. The van der Waals surface area contributed by atoms with Crippen LogP contribution in [0.2, 0.25) is 0 Å². The van der Waals surface area contributed by atoms with E-state index < -0.39 is 0 Å². The lowest BCUT2D eigenvalue weighted by Crippen LogP contribution is -2.07. The van der Waals surface area contributed by atoms with E-state index in [2.05, 4.69) is 51.7 Å². The lowest BCUT2D eigenvalue weighted by molar-refractivity contribution is 0.632. The number of anilines is 1. The van der Waals surface area contributed by atoms with Crippen molar-refractivity contribution in [1.29, 1.82) is 0 Å². The molecule has 6 heteroatoms. The van der Waals surface area contributed by atoms with E-state index in [0.29, 0.717) is 17.6 Å². The van der Waals surface area contributed by atoms with Crippen molar-refractivity contribution in [3.8, 4) is 11.5 Å². The number of nitrogen functional groups attached to an aromatic ring is 1. The van der Waals surface area contributed by atoms with Gasteiger partial charge in [0.2, 0.25) is 0 Å². The highest BCUT2D eigenvalue weighted by molar-refractivity contribution is 9.10. The fourth-order valence-electron chi connectivity index (χ4n) is 1.91. The van der Waals surface area contributed by atoms with Crippen LogP contribution in [0.4, 0.5) is 5.82 Å². The van der Waals surface area contributed by atoms with Gasteiger partial charge in [-0.05, 0) is 35.2 Å². The highest BCUT2D eigenvalue weighted by Gasteiger charge is 2.14. The number of rotatable bonds is 4. The zero-order valence-corrected chi connectivity index (χ0v) is 13.0. The van der Waals surface area contributed by atoms with E-state index in [1.807, 2.05) is 4.57 Å². The largest absolute Gasteiger partial charge is 0.383 e. The summed E-state index contributed by atoms with van der Waals surface area (Å²) in [7, 11) is 0. The van der Waals surface area contributed by atoms with Crippen molar-refractivity contribution in [2.24, 2.45) is 5.92 Å². The van der Waals surface area contributed by atoms with Gasteiger partial charge in [0.05, 0.1) is 22.7 Å². The second kappa shape index (κ2) is 5.69. The normalized spacial score (nSPS) is 11.2. The first-order valence-electron chi connectivity index (χ1n) is 6.35. The van der Waals surface area contributed by atoms with Gasteiger partial charge in [-0.3, -0.25) is 0 Å². The molecule has 0 radical (unpaired) electrons. The molecule has 0 fully saturated rings. The Morgan fingerprint density at radius 2 is 2.11 bits per heavy atom. The number of nitrogens with zero attached hydrogens (tertiary/aromatic N) is 4. The maximum Gasteiger partial charge on any atom is 0.180 e. The Labute approximate surface area is 121 Å². The molecular weight excluding hydrogens is 306 g/mol. The van der Waals surface area contributed by atoms with Gasteiger partial charge in [-0.25, -0.2) is 15.0 Å².